The first kappa shape index (κ1) is 32.3. The van der Waals surface area contributed by atoms with E-state index in [1.165, 1.54) is 20.4 Å². The summed E-state index contributed by atoms with van der Waals surface area (Å²) in [6.07, 6.45) is 5.63. The predicted molar refractivity (Wildman–Crippen MR) is 165 cm³/mol. The number of carbonyl (C=O) groups is 3. The number of methoxy groups -OCH3 is 1. The second kappa shape index (κ2) is 13.5. The Kier molecular flexibility index (Phi) is 9.68. The standard InChI is InChI=1S/C30H41F2N9O4/c1-37(2)18-24(42)39-13-15-40(16-14-39)36-27(43)21-11-8-12-23(45-4)25(21)34-29-33-17-22-26(35-29)41(20-9-6-5-7-10-20)19-30(31,32)28(44)38(22)3/h8,11-12,17,20H,5-7,9-10,13-16,18-19H2,1-4H3,(H,36,43)(H,33,34,35). The van der Waals surface area contributed by atoms with Gasteiger partial charge in [0, 0.05) is 39.3 Å². The zero-order valence-corrected chi connectivity index (χ0v) is 26.2. The van der Waals surface area contributed by atoms with E-state index in [2.05, 4.69) is 20.7 Å². The average molecular weight is 630 g/mol. The van der Waals surface area contributed by atoms with E-state index in [0.29, 0.717) is 44.2 Å². The second-order valence-electron chi connectivity index (χ2n) is 11.9. The molecule has 2 N–H and O–H groups in total. The largest absolute Gasteiger partial charge is 0.495 e. The first-order valence-corrected chi connectivity index (χ1v) is 15.2. The molecule has 3 aliphatic rings. The van der Waals surface area contributed by atoms with Crippen molar-refractivity contribution in [3.8, 4) is 5.75 Å². The number of anilines is 4. The summed E-state index contributed by atoms with van der Waals surface area (Å²) in [5.41, 5.74) is 3.65. The van der Waals surface area contributed by atoms with Gasteiger partial charge in [0.15, 0.2) is 5.82 Å². The van der Waals surface area contributed by atoms with Crippen LogP contribution in [0.1, 0.15) is 42.5 Å². The molecule has 1 aromatic heterocycles. The van der Waals surface area contributed by atoms with Gasteiger partial charge in [-0.05, 0) is 39.1 Å². The quantitative estimate of drug-likeness (QED) is 0.450. The fraction of sp³-hybridized carbons (Fsp3) is 0.567. The molecule has 2 aromatic rings. The van der Waals surface area contributed by atoms with Crippen LogP contribution < -0.4 is 25.3 Å². The Balaban J connectivity index is 1.39. The number of benzene rings is 1. The highest BCUT2D eigenvalue weighted by Crippen LogP contribution is 2.40. The Labute approximate surface area is 261 Å². The summed E-state index contributed by atoms with van der Waals surface area (Å²) in [4.78, 5) is 53.7. The van der Waals surface area contributed by atoms with E-state index >= 15 is 8.78 Å². The molecule has 5 rings (SSSR count). The molecule has 0 spiro atoms. The van der Waals surface area contributed by atoms with Gasteiger partial charge in [0.2, 0.25) is 11.9 Å². The highest BCUT2D eigenvalue weighted by molar-refractivity contribution is 6.03. The van der Waals surface area contributed by atoms with Crippen LogP contribution in [0.15, 0.2) is 24.4 Å². The van der Waals surface area contributed by atoms with Crippen LogP contribution >= 0.6 is 0 Å². The van der Waals surface area contributed by atoms with Gasteiger partial charge in [0.25, 0.3) is 11.8 Å². The second-order valence-corrected chi connectivity index (χ2v) is 11.9. The molecule has 2 fully saturated rings. The number of carbonyl (C=O) groups excluding carboxylic acids is 3. The number of nitrogens with one attached hydrogen (secondary N) is 2. The van der Waals surface area contributed by atoms with E-state index in [1.54, 1.807) is 33.0 Å². The molecule has 2 aliphatic heterocycles. The van der Waals surface area contributed by atoms with Crippen LogP contribution in [0.2, 0.25) is 0 Å². The molecular formula is C30H41F2N9O4. The Morgan fingerprint density at radius 3 is 2.49 bits per heavy atom. The lowest BCUT2D eigenvalue weighted by molar-refractivity contribution is -0.140. The molecule has 13 nitrogen and oxygen atoms in total. The molecule has 3 amide bonds. The first-order valence-electron chi connectivity index (χ1n) is 15.2. The molecule has 45 heavy (non-hydrogen) atoms. The number of amides is 3. The van der Waals surface area contributed by atoms with Crippen molar-refractivity contribution in [1.29, 1.82) is 0 Å². The number of nitrogens with zero attached hydrogens (tertiary/aromatic N) is 7. The molecule has 1 aromatic carbocycles. The summed E-state index contributed by atoms with van der Waals surface area (Å²) in [6.45, 7) is 1.42. The highest BCUT2D eigenvalue weighted by atomic mass is 19.3. The topological polar surface area (TPSA) is 126 Å². The van der Waals surface area contributed by atoms with Gasteiger partial charge in [0.05, 0.1) is 37.6 Å². The number of piperazine rings is 1. The third-order valence-corrected chi connectivity index (χ3v) is 8.46. The van der Waals surface area contributed by atoms with E-state index in [9.17, 15) is 14.4 Å². The summed E-state index contributed by atoms with van der Waals surface area (Å²) in [6, 6.07) is 4.79. The first-order chi connectivity index (χ1) is 21.5. The van der Waals surface area contributed by atoms with Gasteiger partial charge in [-0.3, -0.25) is 19.8 Å². The number of halogens is 2. The Hall–Kier alpha value is -4.11. The molecule has 1 saturated carbocycles. The number of likely N-dealkylation sites (N-methyl/N-ethyl adjacent to an activating group) is 1. The van der Waals surface area contributed by atoms with Gasteiger partial charge >= 0.3 is 5.92 Å². The molecular weight excluding hydrogens is 588 g/mol. The maximum Gasteiger partial charge on any atom is 0.342 e. The number of para-hydroxylation sites is 1. The summed E-state index contributed by atoms with van der Waals surface area (Å²) >= 11 is 0. The lowest BCUT2D eigenvalue weighted by Crippen LogP contribution is -2.55. The van der Waals surface area contributed by atoms with Crippen LogP contribution in [-0.4, -0.2) is 122 Å². The van der Waals surface area contributed by atoms with E-state index in [-0.39, 0.29) is 35.0 Å². The maximum absolute atomic E-state index is 15.1. The zero-order valence-electron chi connectivity index (χ0n) is 26.2. The zero-order chi connectivity index (χ0) is 32.3. The lowest BCUT2D eigenvalue weighted by atomic mass is 9.94. The van der Waals surface area contributed by atoms with Gasteiger partial charge in [-0.15, -0.1) is 0 Å². The van der Waals surface area contributed by atoms with Gasteiger partial charge in [-0.2, -0.15) is 13.8 Å². The summed E-state index contributed by atoms with van der Waals surface area (Å²) < 4.78 is 35.7. The van der Waals surface area contributed by atoms with Gasteiger partial charge in [0.1, 0.15) is 11.4 Å². The Morgan fingerprint density at radius 1 is 1.11 bits per heavy atom. The molecule has 0 unspecified atom stereocenters. The van der Waals surface area contributed by atoms with Gasteiger partial charge in [-0.25, -0.2) is 9.99 Å². The molecule has 15 heteroatoms. The molecule has 0 radical (unpaired) electrons. The predicted octanol–water partition coefficient (Wildman–Crippen LogP) is 2.33. The van der Waals surface area contributed by atoms with Gasteiger partial charge in [-0.1, -0.05) is 25.3 Å². The normalized spacial score (nSPS) is 19.3. The van der Waals surface area contributed by atoms with Crippen molar-refractivity contribution in [2.45, 2.75) is 44.1 Å². The molecule has 244 valence electrons. The van der Waals surface area contributed by atoms with Crippen molar-refractivity contribution in [3.63, 3.8) is 0 Å². The van der Waals surface area contributed by atoms with Crippen LogP contribution in [-0.2, 0) is 9.59 Å². The minimum Gasteiger partial charge on any atom is -0.495 e. The van der Waals surface area contributed by atoms with Crippen molar-refractivity contribution in [1.82, 2.24) is 30.2 Å². The van der Waals surface area contributed by atoms with E-state index in [1.807, 2.05) is 19.0 Å². The van der Waals surface area contributed by atoms with Crippen molar-refractivity contribution in [2.75, 3.05) is 82.6 Å². The number of aromatic nitrogens is 2. The van der Waals surface area contributed by atoms with E-state index in [0.717, 1.165) is 37.0 Å². The third kappa shape index (κ3) is 7.09. The monoisotopic (exact) mass is 629 g/mol. The number of hydrazine groups is 1. The van der Waals surface area contributed by atoms with Crippen molar-refractivity contribution >= 4 is 40.9 Å². The number of ether oxygens (including phenoxy) is 1. The van der Waals surface area contributed by atoms with Crippen LogP contribution in [0, 0.1) is 0 Å². The third-order valence-electron chi connectivity index (χ3n) is 8.46. The van der Waals surface area contributed by atoms with Crippen molar-refractivity contribution < 1.29 is 27.9 Å². The minimum absolute atomic E-state index is 0.0346. The van der Waals surface area contributed by atoms with E-state index in [4.69, 9.17) is 4.74 Å². The number of alkyl halides is 2. The van der Waals surface area contributed by atoms with Gasteiger partial charge < -0.3 is 29.7 Å². The fourth-order valence-corrected chi connectivity index (χ4v) is 6.05. The van der Waals surface area contributed by atoms with Crippen LogP contribution in [0.4, 0.5) is 31.9 Å². The molecule has 3 heterocycles. The van der Waals surface area contributed by atoms with Crippen LogP contribution in [0.5, 0.6) is 5.75 Å². The fourth-order valence-electron chi connectivity index (χ4n) is 6.05. The average Bonchev–Trinajstić information content (AvgIpc) is 3.10. The highest BCUT2D eigenvalue weighted by Gasteiger charge is 2.48. The molecule has 0 bridgehead atoms. The van der Waals surface area contributed by atoms with Crippen molar-refractivity contribution in [3.05, 3.63) is 30.0 Å². The number of hydrogen-bond acceptors (Lipinski definition) is 10. The SMILES string of the molecule is COc1cccc(C(=O)NN2CCN(C(=O)CN(C)C)CC2)c1Nc1ncc2c(n1)N(C1CCCCC1)CC(F)(F)C(=O)N2C. The van der Waals surface area contributed by atoms with Crippen LogP contribution in [0.3, 0.4) is 0 Å². The molecule has 1 aliphatic carbocycles. The maximum atomic E-state index is 15.1. The summed E-state index contributed by atoms with van der Waals surface area (Å²) in [7, 11) is 6.46. The molecule has 0 atom stereocenters. The Morgan fingerprint density at radius 2 is 1.82 bits per heavy atom. The smallest absolute Gasteiger partial charge is 0.342 e. The minimum atomic E-state index is -3.60. The van der Waals surface area contributed by atoms with Crippen molar-refractivity contribution in [2.24, 2.45) is 0 Å². The van der Waals surface area contributed by atoms with Crippen LogP contribution in [0.25, 0.3) is 0 Å². The summed E-state index contributed by atoms with van der Waals surface area (Å²) in [5.74, 6) is -4.64. The summed E-state index contributed by atoms with van der Waals surface area (Å²) in [5, 5.41) is 4.85. The molecule has 1 saturated heterocycles. The number of fused-ring (bicyclic) bond motifs is 1. The van der Waals surface area contributed by atoms with E-state index < -0.39 is 24.3 Å². The lowest BCUT2D eigenvalue weighted by Gasteiger charge is -2.36. The number of hydrogen-bond donors (Lipinski definition) is 2. The Bertz CT molecular complexity index is 1410. The number of rotatable bonds is 8.